The molecule has 0 spiro atoms. The zero-order valence-electron chi connectivity index (χ0n) is 11.1. The summed E-state index contributed by atoms with van der Waals surface area (Å²) in [6.07, 6.45) is 0.264. The number of anilines is 3. The Morgan fingerprint density at radius 2 is 2.00 bits per heavy atom. The number of rotatable bonds is 3. The summed E-state index contributed by atoms with van der Waals surface area (Å²) in [6.45, 7) is 1.90. The number of benzene rings is 2. The number of nitrogens with zero attached hydrogens (tertiary/aromatic N) is 2. The van der Waals surface area contributed by atoms with E-state index < -0.39 is 0 Å². The Hall–Kier alpha value is -2.98. The highest BCUT2D eigenvalue weighted by Gasteiger charge is 2.06. The van der Waals surface area contributed by atoms with Crippen molar-refractivity contribution in [1.82, 2.24) is 0 Å². The summed E-state index contributed by atoms with van der Waals surface area (Å²) in [5.41, 5.74) is 10.3. The Morgan fingerprint density at radius 1 is 1.20 bits per heavy atom. The third-order valence-electron chi connectivity index (χ3n) is 3.08. The predicted molar refractivity (Wildman–Crippen MR) is 79.3 cm³/mol. The van der Waals surface area contributed by atoms with Crippen LogP contribution < -0.4 is 11.1 Å². The van der Waals surface area contributed by atoms with E-state index in [2.05, 4.69) is 17.5 Å². The van der Waals surface area contributed by atoms with Gasteiger partial charge in [-0.25, -0.2) is 0 Å². The molecule has 0 heterocycles. The molecule has 0 aliphatic carbocycles. The van der Waals surface area contributed by atoms with E-state index in [0.717, 1.165) is 22.5 Å². The molecule has 0 aliphatic rings. The fourth-order valence-electron chi connectivity index (χ4n) is 2.00. The Labute approximate surface area is 118 Å². The molecular weight excluding hydrogens is 248 g/mol. The van der Waals surface area contributed by atoms with Gasteiger partial charge in [0.2, 0.25) is 0 Å². The van der Waals surface area contributed by atoms with Crippen molar-refractivity contribution in [2.75, 3.05) is 11.1 Å². The van der Waals surface area contributed by atoms with Gasteiger partial charge in [0, 0.05) is 11.4 Å². The number of nitrogens with one attached hydrogen (secondary N) is 1. The summed E-state index contributed by atoms with van der Waals surface area (Å²) in [5, 5.41) is 21.2. The SMILES string of the molecule is Cc1cccc(Nc2ccc(N)c(CC#N)c2)c1C#N. The maximum absolute atomic E-state index is 9.21. The topological polar surface area (TPSA) is 85.6 Å². The van der Waals surface area contributed by atoms with E-state index in [4.69, 9.17) is 11.0 Å². The minimum atomic E-state index is 0.264. The van der Waals surface area contributed by atoms with Crippen molar-refractivity contribution in [3.8, 4) is 12.1 Å². The van der Waals surface area contributed by atoms with Crippen molar-refractivity contribution in [2.24, 2.45) is 0 Å². The fraction of sp³-hybridized carbons (Fsp3) is 0.125. The molecule has 0 amide bonds. The first-order valence-electron chi connectivity index (χ1n) is 6.18. The second-order valence-electron chi connectivity index (χ2n) is 4.48. The third kappa shape index (κ3) is 2.71. The van der Waals surface area contributed by atoms with Crippen LogP contribution in [0.2, 0.25) is 0 Å². The van der Waals surface area contributed by atoms with Gasteiger partial charge in [-0.05, 0) is 42.3 Å². The number of hydrogen-bond acceptors (Lipinski definition) is 4. The molecule has 0 aliphatic heterocycles. The molecule has 0 saturated carbocycles. The molecule has 3 N–H and O–H groups in total. The Balaban J connectivity index is 2.37. The molecule has 0 unspecified atom stereocenters. The maximum Gasteiger partial charge on any atom is 0.102 e. The van der Waals surface area contributed by atoms with E-state index in [0.29, 0.717) is 11.3 Å². The average Bonchev–Trinajstić information content (AvgIpc) is 2.43. The largest absolute Gasteiger partial charge is 0.398 e. The van der Waals surface area contributed by atoms with Gasteiger partial charge in [-0.2, -0.15) is 10.5 Å². The van der Waals surface area contributed by atoms with Crippen molar-refractivity contribution in [3.63, 3.8) is 0 Å². The lowest BCUT2D eigenvalue weighted by Crippen LogP contribution is -1.98. The zero-order chi connectivity index (χ0) is 14.5. The van der Waals surface area contributed by atoms with Crippen LogP contribution >= 0.6 is 0 Å². The lowest BCUT2D eigenvalue weighted by Gasteiger charge is -2.11. The molecule has 20 heavy (non-hydrogen) atoms. The van der Waals surface area contributed by atoms with Gasteiger partial charge < -0.3 is 11.1 Å². The summed E-state index contributed by atoms with van der Waals surface area (Å²) in [4.78, 5) is 0. The van der Waals surface area contributed by atoms with Gasteiger partial charge in [0.25, 0.3) is 0 Å². The van der Waals surface area contributed by atoms with Crippen molar-refractivity contribution in [2.45, 2.75) is 13.3 Å². The van der Waals surface area contributed by atoms with Crippen LogP contribution in [-0.4, -0.2) is 0 Å². The smallest absolute Gasteiger partial charge is 0.102 e. The van der Waals surface area contributed by atoms with Gasteiger partial charge in [-0.15, -0.1) is 0 Å². The molecule has 0 atom stereocenters. The molecular formula is C16H14N4. The zero-order valence-corrected chi connectivity index (χ0v) is 11.1. The molecule has 2 aromatic carbocycles. The minimum absolute atomic E-state index is 0.264. The number of aryl methyl sites for hydroxylation is 1. The lowest BCUT2D eigenvalue weighted by molar-refractivity contribution is 1.26. The van der Waals surface area contributed by atoms with Crippen LogP contribution in [0.1, 0.15) is 16.7 Å². The van der Waals surface area contributed by atoms with E-state index in [1.54, 1.807) is 6.07 Å². The second-order valence-corrected chi connectivity index (χ2v) is 4.48. The maximum atomic E-state index is 9.21. The van der Waals surface area contributed by atoms with Crippen molar-refractivity contribution < 1.29 is 0 Å². The molecule has 2 aromatic rings. The highest BCUT2D eigenvalue weighted by atomic mass is 14.9. The second kappa shape index (κ2) is 5.77. The van der Waals surface area contributed by atoms with Crippen LogP contribution in [0.25, 0.3) is 0 Å². The van der Waals surface area contributed by atoms with Crippen LogP contribution in [0.15, 0.2) is 36.4 Å². The van der Waals surface area contributed by atoms with E-state index in [9.17, 15) is 5.26 Å². The highest BCUT2D eigenvalue weighted by molar-refractivity contribution is 5.70. The standard InChI is InChI=1S/C16H14N4/c1-11-3-2-4-16(14(11)10-18)20-13-5-6-15(19)12(9-13)7-8-17/h2-6,9,20H,7,19H2,1H3. The summed E-state index contributed by atoms with van der Waals surface area (Å²) in [6, 6.07) is 15.4. The van der Waals surface area contributed by atoms with Crippen LogP contribution in [0.5, 0.6) is 0 Å². The first-order valence-corrected chi connectivity index (χ1v) is 6.18. The first-order chi connectivity index (χ1) is 9.65. The Morgan fingerprint density at radius 3 is 2.70 bits per heavy atom. The normalized spacial score (nSPS) is 9.55. The Bertz CT molecular complexity index is 720. The molecule has 0 radical (unpaired) electrons. The van der Waals surface area contributed by atoms with E-state index in [1.807, 2.05) is 37.3 Å². The van der Waals surface area contributed by atoms with Gasteiger partial charge in [0.05, 0.1) is 23.7 Å². The highest BCUT2D eigenvalue weighted by Crippen LogP contribution is 2.25. The summed E-state index contributed by atoms with van der Waals surface area (Å²) >= 11 is 0. The van der Waals surface area contributed by atoms with Gasteiger partial charge in [0.15, 0.2) is 0 Å². The monoisotopic (exact) mass is 262 g/mol. The van der Waals surface area contributed by atoms with Gasteiger partial charge >= 0.3 is 0 Å². The first kappa shape index (κ1) is 13.5. The molecule has 0 fully saturated rings. The summed E-state index contributed by atoms with van der Waals surface area (Å²) < 4.78 is 0. The molecule has 0 saturated heterocycles. The molecule has 4 nitrogen and oxygen atoms in total. The van der Waals surface area contributed by atoms with Crippen LogP contribution in [-0.2, 0) is 6.42 Å². The number of hydrogen-bond donors (Lipinski definition) is 2. The quantitative estimate of drug-likeness (QED) is 0.831. The summed E-state index contributed by atoms with van der Waals surface area (Å²) in [7, 11) is 0. The van der Waals surface area contributed by atoms with Gasteiger partial charge in [0.1, 0.15) is 6.07 Å². The van der Waals surface area contributed by atoms with Crippen LogP contribution in [0.3, 0.4) is 0 Å². The van der Waals surface area contributed by atoms with E-state index in [1.165, 1.54) is 0 Å². The van der Waals surface area contributed by atoms with Crippen molar-refractivity contribution in [1.29, 1.82) is 10.5 Å². The van der Waals surface area contributed by atoms with Crippen LogP contribution in [0, 0.1) is 29.6 Å². The van der Waals surface area contributed by atoms with E-state index >= 15 is 0 Å². The number of nitrogens with two attached hydrogens (primary N) is 1. The van der Waals surface area contributed by atoms with Crippen LogP contribution in [0.4, 0.5) is 17.1 Å². The molecule has 98 valence electrons. The molecule has 0 bridgehead atoms. The van der Waals surface area contributed by atoms with Gasteiger partial charge in [-0.1, -0.05) is 12.1 Å². The number of nitrogen functional groups attached to an aromatic ring is 1. The number of nitriles is 2. The third-order valence-corrected chi connectivity index (χ3v) is 3.08. The molecule has 4 heteroatoms. The molecule has 0 aromatic heterocycles. The van der Waals surface area contributed by atoms with E-state index in [-0.39, 0.29) is 6.42 Å². The van der Waals surface area contributed by atoms with Crippen molar-refractivity contribution >= 4 is 17.1 Å². The predicted octanol–water partition coefficient (Wildman–Crippen LogP) is 3.26. The summed E-state index contributed by atoms with van der Waals surface area (Å²) in [5.74, 6) is 0. The van der Waals surface area contributed by atoms with Crippen molar-refractivity contribution in [3.05, 3.63) is 53.1 Å². The minimum Gasteiger partial charge on any atom is -0.398 e. The van der Waals surface area contributed by atoms with Gasteiger partial charge in [-0.3, -0.25) is 0 Å². The Kier molecular flexibility index (Phi) is 3.88. The fourth-order valence-corrected chi connectivity index (χ4v) is 2.00. The average molecular weight is 262 g/mol. The lowest BCUT2D eigenvalue weighted by atomic mass is 10.1. The molecule has 2 rings (SSSR count).